The van der Waals surface area contributed by atoms with Crippen molar-refractivity contribution >= 4 is 39.9 Å². The fourth-order valence-electron chi connectivity index (χ4n) is 4.52. The van der Waals surface area contributed by atoms with Gasteiger partial charge in [-0.2, -0.15) is 0 Å². The lowest BCUT2D eigenvalue weighted by molar-refractivity contribution is 0.115. The average molecular weight is 528 g/mol. The summed E-state index contributed by atoms with van der Waals surface area (Å²) in [6, 6.07) is 15.2. The molecule has 2 aromatic heterocycles. The molecule has 0 aliphatic carbocycles. The summed E-state index contributed by atoms with van der Waals surface area (Å²) in [6.45, 7) is 3.30. The summed E-state index contributed by atoms with van der Waals surface area (Å²) in [4.78, 5) is 29.7. The molecule has 2 amide bonds. The van der Waals surface area contributed by atoms with Gasteiger partial charge in [-0.15, -0.1) is 0 Å². The molecule has 3 heterocycles. The number of hydrogen-bond donors (Lipinski definition) is 2. The number of likely N-dealkylation sites (tertiary alicyclic amines) is 1. The minimum absolute atomic E-state index is 0.0512. The first-order valence-corrected chi connectivity index (χ1v) is 12.9. The zero-order valence-electron chi connectivity index (χ0n) is 22.6. The number of fused-ring (bicyclic) bond motifs is 1. The van der Waals surface area contributed by atoms with Crippen molar-refractivity contribution in [3.05, 3.63) is 66.6 Å². The predicted octanol–water partition coefficient (Wildman–Crippen LogP) is 5.23. The van der Waals surface area contributed by atoms with E-state index in [0.29, 0.717) is 13.1 Å². The van der Waals surface area contributed by atoms with Crippen LogP contribution in [0.2, 0.25) is 0 Å². The standard InChI is InChI=1S/C29H33N7O3/c1-19-15-21(33-28-24-16-27(35(2)3)30-17-25(24)31-18-32-28)7-10-26(19)39-23-11-13-36(14-12-23)29(37)34-20-5-8-22(38-4)9-6-20/h5-10,15-18,23H,11-14H2,1-4H3,(H,34,37)(H,31,32,33). The minimum Gasteiger partial charge on any atom is -0.497 e. The van der Waals surface area contributed by atoms with Gasteiger partial charge in [-0.05, 0) is 61.0 Å². The van der Waals surface area contributed by atoms with Gasteiger partial charge in [-0.25, -0.2) is 19.7 Å². The van der Waals surface area contributed by atoms with E-state index in [1.54, 1.807) is 13.3 Å². The number of urea groups is 1. The van der Waals surface area contributed by atoms with Gasteiger partial charge in [0.05, 0.1) is 18.8 Å². The molecule has 0 bridgehead atoms. The second-order valence-electron chi connectivity index (χ2n) is 9.74. The molecule has 0 saturated carbocycles. The summed E-state index contributed by atoms with van der Waals surface area (Å²) >= 11 is 0. The van der Waals surface area contributed by atoms with E-state index in [2.05, 4.69) is 31.7 Å². The molecule has 0 unspecified atom stereocenters. The number of hydrogen-bond acceptors (Lipinski definition) is 8. The van der Waals surface area contributed by atoms with E-state index in [1.807, 2.05) is 73.3 Å². The van der Waals surface area contributed by atoms with Crippen molar-refractivity contribution in [2.45, 2.75) is 25.9 Å². The second kappa shape index (κ2) is 11.4. The first kappa shape index (κ1) is 26.0. The van der Waals surface area contributed by atoms with Crippen LogP contribution in [0.25, 0.3) is 10.9 Å². The highest BCUT2D eigenvalue weighted by Crippen LogP contribution is 2.29. The van der Waals surface area contributed by atoms with Gasteiger partial charge in [-0.1, -0.05) is 0 Å². The molecule has 1 aliphatic heterocycles. The number of aromatic nitrogens is 3. The fourth-order valence-corrected chi connectivity index (χ4v) is 4.52. The number of amides is 2. The van der Waals surface area contributed by atoms with Crippen LogP contribution >= 0.6 is 0 Å². The minimum atomic E-state index is -0.101. The smallest absolute Gasteiger partial charge is 0.321 e. The Morgan fingerprint density at radius 3 is 2.44 bits per heavy atom. The Kier molecular flexibility index (Phi) is 7.62. The SMILES string of the molecule is COc1ccc(NC(=O)N2CCC(Oc3ccc(Nc4ncnc5cnc(N(C)C)cc45)cc3C)CC2)cc1. The number of carbonyl (C=O) groups excluding carboxylic acids is 1. The first-order chi connectivity index (χ1) is 18.9. The van der Waals surface area contributed by atoms with Crippen molar-refractivity contribution in [3.8, 4) is 11.5 Å². The average Bonchev–Trinajstić information content (AvgIpc) is 2.95. The van der Waals surface area contributed by atoms with Gasteiger partial charge in [0.25, 0.3) is 0 Å². The molecule has 1 saturated heterocycles. The highest BCUT2D eigenvalue weighted by atomic mass is 16.5. The normalized spacial score (nSPS) is 13.7. The molecule has 1 aliphatic rings. The zero-order chi connectivity index (χ0) is 27.4. The topological polar surface area (TPSA) is 105 Å². The zero-order valence-corrected chi connectivity index (χ0v) is 22.6. The van der Waals surface area contributed by atoms with Crippen LogP contribution in [0.5, 0.6) is 11.5 Å². The molecule has 1 fully saturated rings. The van der Waals surface area contributed by atoms with E-state index in [0.717, 1.165) is 63.8 Å². The second-order valence-corrected chi connectivity index (χ2v) is 9.74. The third kappa shape index (κ3) is 6.11. The van der Waals surface area contributed by atoms with Crippen LogP contribution in [-0.2, 0) is 0 Å². The van der Waals surface area contributed by atoms with Gasteiger partial charge in [-0.3, -0.25) is 0 Å². The Hall–Kier alpha value is -4.60. The molecule has 4 aromatic rings. The van der Waals surface area contributed by atoms with Crippen molar-refractivity contribution in [2.75, 3.05) is 49.8 Å². The number of piperidine rings is 1. The number of aryl methyl sites for hydroxylation is 1. The van der Waals surface area contributed by atoms with Crippen LogP contribution in [-0.4, -0.2) is 66.3 Å². The molecule has 2 N–H and O–H groups in total. The van der Waals surface area contributed by atoms with Crippen LogP contribution < -0.4 is 25.0 Å². The lowest BCUT2D eigenvalue weighted by atomic mass is 10.1. The van der Waals surface area contributed by atoms with E-state index in [4.69, 9.17) is 9.47 Å². The lowest BCUT2D eigenvalue weighted by Crippen LogP contribution is -2.43. The van der Waals surface area contributed by atoms with Crippen LogP contribution in [0.3, 0.4) is 0 Å². The monoisotopic (exact) mass is 527 g/mol. The Bertz CT molecular complexity index is 1450. The fraction of sp³-hybridized carbons (Fsp3) is 0.310. The number of anilines is 4. The number of pyridine rings is 1. The highest BCUT2D eigenvalue weighted by Gasteiger charge is 2.24. The van der Waals surface area contributed by atoms with Crippen LogP contribution in [0, 0.1) is 6.92 Å². The third-order valence-corrected chi connectivity index (χ3v) is 6.77. The van der Waals surface area contributed by atoms with Crippen LogP contribution in [0.1, 0.15) is 18.4 Å². The number of nitrogens with one attached hydrogen (secondary N) is 2. The van der Waals surface area contributed by atoms with Gasteiger partial charge in [0.1, 0.15) is 35.6 Å². The molecule has 202 valence electrons. The largest absolute Gasteiger partial charge is 0.497 e. The molecule has 0 radical (unpaired) electrons. The maximum Gasteiger partial charge on any atom is 0.321 e. The molecule has 10 nitrogen and oxygen atoms in total. The number of methoxy groups -OCH3 is 1. The van der Waals surface area contributed by atoms with Gasteiger partial charge in [0.15, 0.2) is 0 Å². The van der Waals surface area contributed by atoms with Crippen molar-refractivity contribution in [1.29, 1.82) is 0 Å². The van der Waals surface area contributed by atoms with Crippen molar-refractivity contribution in [3.63, 3.8) is 0 Å². The van der Waals surface area contributed by atoms with Crippen LogP contribution in [0.4, 0.5) is 27.8 Å². The van der Waals surface area contributed by atoms with E-state index in [9.17, 15) is 4.79 Å². The molecule has 0 atom stereocenters. The molecule has 2 aromatic carbocycles. The summed E-state index contributed by atoms with van der Waals surface area (Å²) in [5.41, 5.74) is 3.45. The molecule has 5 rings (SSSR count). The molecular weight excluding hydrogens is 494 g/mol. The lowest BCUT2D eigenvalue weighted by Gasteiger charge is -2.32. The maximum atomic E-state index is 12.7. The van der Waals surface area contributed by atoms with Crippen molar-refractivity contribution in [1.82, 2.24) is 19.9 Å². The molecule has 10 heteroatoms. The Balaban J connectivity index is 1.18. The molecule has 0 spiro atoms. The number of carbonyl (C=O) groups is 1. The Morgan fingerprint density at radius 1 is 1.00 bits per heavy atom. The van der Waals surface area contributed by atoms with E-state index >= 15 is 0 Å². The quantitative estimate of drug-likeness (QED) is 0.337. The Morgan fingerprint density at radius 2 is 1.74 bits per heavy atom. The highest BCUT2D eigenvalue weighted by molar-refractivity contribution is 5.92. The van der Waals surface area contributed by atoms with Gasteiger partial charge in [0, 0.05) is 56.8 Å². The predicted molar refractivity (Wildman–Crippen MR) is 153 cm³/mol. The molecular formula is C29H33N7O3. The number of nitrogens with zero attached hydrogens (tertiary/aromatic N) is 5. The van der Waals surface area contributed by atoms with Crippen molar-refractivity contribution in [2.24, 2.45) is 0 Å². The van der Waals surface area contributed by atoms with Crippen molar-refractivity contribution < 1.29 is 14.3 Å². The van der Waals surface area contributed by atoms with Gasteiger partial charge >= 0.3 is 6.03 Å². The number of benzene rings is 2. The van der Waals surface area contributed by atoms with E-state index in [-0.39, 0.29) is 12.1 Å². The van der Waals surface area contributed by atoms with Gasteiger partial charge in [0.2, 0.25) is 0 Å². The summed E-state index contributed by atoms with van der Waals surface area (Å²) < 4.78 is 11.5. The van der Waals surface area contributed by atoms with E-state index < -0.39 is 0 Å². The van der Waals surface area contributed by atoms with Gasteiger partial charge < -0.3 is 29.9 Å². The Labute approximate surface area is 228 Å². The van der Waals surface area contributed by atoms with E-state index in [1.165, 1.54) is 6.33 Å². The molecule has 39 heavy (non-hydrogen) atoms. The number of ether oxygens (including phenoxy) is 2. The third-order valence-electron chi connectivity index (χ3n) is 6.77. The summed E-state index contributed by atoms with van der Waals surface area (Å²) in [5.74, 6) is 3.15. The first-order valence-electron chi connectivity index (χ1n) is 12.9. The van der Waals surface area contributed by atoms with Crippen LogP contribution in [0.15, 0.2) is 61.1 Å². The summed E-state index contributed by atoms with van der Waals surface area (Å²) in [6.07, 6.45) is 4.88. The maximum absolute atomic E-state index is 12.7. The summed E-state index contributed by atoms with van der Waals surface area (Å²) in [5, 5.41) is 7.27. The summed E-state index contributed by atoms with van der Waals surface area (Å²) in [7, 11) is 5.52. The number of rotatable bonds is 7.